The molecule has 2 aromatic carbocycles. The van der Waals surface area contributed by atoms with Crippen LogP contribution in [-0.4, -0.2) is 89.9 Å². The molecule has 2 atom stereocenters. The van der Waals surface area contributed by atoms with Crippen LogP contribution >= 0.6 is 22.9 Å². The number of hydrogen-bond acceptors (Lipinski definition) is 8. The van der Waals surface area contributed by atoms with Crippen LogP contribution < -0.4 is 15.8 Å². The zero-order chi connectivity index (χ0) is 35.6. The van der Waals surface area contributed by atoms with Crippen LogP contribution in [0.25, 0.3) is 0 Å². The molecular formula is C40H52ClN5O4S. The van der Waals surface area contributed by atoms with E-state index >= 15 is 0 Å². The lowest BCUT2D eigenvalue weighted by Crippen LogP contribution is -2.63. The van der Waals surface area contributed by atoms with Gasteiger partial charge in [0.25, 0.3) is 0 Å². The second kappa shape index (κ2) is 18.0. The van der Waals surface area contributed by atoms with E-state index in [1.807, 2.05) is 17.5 Å². The number of nitrogens with two attached hydrogens (primary N) is 1. The van der Waals surface area contributed by atoms with Gasteiger partial charge in [0.05, 0.1) is 17.6 Å². The Morgan fingerprint density at radius 3 is 2.49 bits per heavy atom. The van der Waals surface area contributed by atoms with Gasteiger partial charge in [0.1, 0.15) is 6.04 Å². The summed E-state index contributed by atoms with van der Waals surface area (Å²) in [5.41, 5.74) is 7.58. The van der Waals surface area contributed by atoms with Crippen molar-refractivity contribution >= 4 is 40.7 Å². The van der Waals surface area contributed by atoms with E-state index in [0.717, 1.165) is 63.0 Å². The minimum atomic E-state index is -0.757. The molecular weight excluding hydrogens is 682 g/mol. The van der Waals surface area contributed by atoms with Crippen molar-refractivity contribution in [2.75, 3.05) is 39.3 Å². The van der Waals surface area contributed by atoms with Crippen LogP contribution in [0.2, 0.25) is 5.02 Å². The number of nitrogens with zero attached hydrogens (tertiary/aromatic N) is 3. The van der Waals surface area contributed by atoms with Gasteiger partial charge in [-0.25, -0.2) is 4.79 Å². The van der Waals surface area contributed by atoms with Crippen LogP contribution in [-0.2, 0) is 22.6 Å². The van der Waals surface area contributed by atoms with Crippen molar-refractivity contribution in [2.45, 2.75) is 88.9 Å². The predicted octanol–water partition coefficient (Wildman–Crippen LogP) is 6.54. The molecule has 2 saturated heterocycles. The number of ketones is 1. The molecule has 1 saturated carbocycles. The summed E-state index contributed by atoms with van der Waals surface area (Å²) in [5, 5.41) is 6.12. The summed E-state index contributed by atoms with van der Waals surface area (Å²) in [6.07, 6.45) is 8.23. The lowest BCUT2D eigenvalue weighted by molar-refractivity contribution is -0.144. The van der Waals surface area contributed by atoms with E-state index in [9.17, 15) is 14.4 Å². The number of Topliss-reactive ketones (excluding diaryl/α,β-unsaturated/α-hetero) is 1. The van der Waals surface area contributed by atoms with Gasteiger partial charge in [-0.2, -0.15) is 0 Å². The first-order valence-corrected chi connectivity index (χ1v) is 19.9. The number of thiophene rings is 1. The molecule has 6 rings (SSSR count). The number of carbonyl (C=O) groups excluding carboxylic acids is 3. The summed E-state index contributed by atoms with van der Waals surface area (Å²) in [7, 11) is 0. The first-order chi connectivity index (χ1) is 24.8. The highest BCUT2D eigenvalue weighted by molar-refractivity contribution is 7.09. The number of piperazine rings is 1. The van der Waals surface area contributed by atoms with Crippen molar-refractivity contribution < 1.29 is 19.1 Å². The number of para-hydroxylation sites is 1. The number of rotatable bonds is 14. The third-order valence-electron chi connectivity index (χ3n) is 11.0. The Kier molecular flexibility index (Phi) is 13.2. The van der Waals surface area contributed by atoms with Crippen LogP contribution in [0.5, 0.6) is 5.75 Å². The molecule has 2 amide bonds. The average molecular weight is 734 g/mol. The van der Waals surface area contributed by atoms with Crippen LogP contribution in [0.4, 0.5) is 4.79 Å². The van der Waals surface area contributed by atoms with E-state index in [1.54, 1.807) is 40.5 Å². The van der Waals surface area contributed by atoms with Gasteiger partial charge in [0.15, 0.2) is 11.5 Å². The Labute approximate surface area is 311 Å². The van der Waals surface area contributed by atoms with Crippen molar-refractivity contribution in [3.8, 4) is 5.75 Å². The highest BCUT2D eigenvalue weighted by Gasteiger charge is 2.43. The zero-order valence-electron chi connectivity index (χ0n) is 29.5. The van der Waals surface area contributed by atoms with Crippen LogP contribution in [0.1, 0.15) is 68.2 Å². The first-order valence-electron chi connectivity index (χ1n) is 18.6. The topological polar surface area (TPSA) is 108 Å². The number of amides is 2. The molecule has 3 aliphatic rings. The molecule has 3 fully saturated rings. The zero-order valence-corrected chi connectivity index (χ0v) is 31.1. The molecule has 0 bridgehead atoms. The summed E-state index contributed by atoms with van der Waals surface area (Å²) in [6.45, 7) is 4.44. The number of ether oxygens (including phenoxy) is 1. The maximum atomic E-state index is 14.5. The number of likely N-dealkylation sites (tertiary alicyclic amines) is 1. The van der Waals surface area contributed by atoms with Gasteiger partial charge in [-0.15, -0.1) is 11.3 Å². The summed E-state index contributed by atoms with van der Waals surface area (Å²) in [4.78, 5) is 48.7. The Hall–Kier alpha value is -3.28. The third kappa shape index (κ3) is 9.99. The number of carbonyl (C=O) groups is 3. The second-order valence-corrected chi connectivity index (χ2v) is 16.0. The monoisotopic (exact) mass is 733 g/mol. The number of nitrogens with one attached hydrogen (secondary N) is 1. The highest BCUT2D eigenvalue weighted by atomic mass is 35.5. The molecule has 2 aliphatic heterocycles. The maximum absolute atomic E-state index is 14.5. The lowest BCUT2D eigenvalue weighted by Gasteiger charge is -2.43. The minimum absolute atomic E-state index is 0.0476. The highest BCUT2D eigenvalue weighted by Crippen LogP contribution is 2.44. The largest absolute Gasteiger partial charge is 0.415 e. The van der Waals surface area contributed by atoms with Crippen LogP contribution in [0.15, 0.2) is 72.1 Å². The molecule has 3 aromatic rings. The molecule has 1 aromatic heterocycles. The number of unbranched alkanes of at least 4 members (excludes halogenated alkanes) is 1. The van der Waals surface area contributed by atoms with Crippen LogP contribution in [0, 0.1) is 5.41 Å². The van der Waals surface area contributed by atoms with E-state index in [2.05, 4.69) is 40.5 Å². The van der Waals surface area contributed by atoms with Gasteiger partial charge in [-0.3, -0.25) is 14.5 Å². The molecule has 1 aliphatic carbocycles. The average Bonchev–Trinajstić information content (AvgIpc) is 3.82. The van der Waals surface area contributed by atoms with E-state index in [-0.39, 0.29) is 43.1 Å². The van der Waals surface area contributed by atoms with Gasteiger partial charge < -0.3 is 25.6 Å². The minimum Gasteiger partial charge on any atom is -0.409 e. The molecule has 3 heterocycles. The summed E-state index contributed by atoms with van der Waals surface area (Å²) in [5.74, 6) is 0.160. The maximum Gasteiger partial charge on any atom is 0.415 e. The standard InChI is InChI=1S/C40H52ClN5O4S/c41-33-12-4-5-14-37(33)50-39(49)45-24-25-46(35(28-45)36(47)16-15-32-11-8-26-51-32)38(48)34(13-6-7-22-42)43-31-17-19-40(20-18-31)21-23-44(29-40)27-30-9-2-1-3-10-30/h1-5,8-12,14,26,31,34-35,43H,6-7,13,15-25,27-29,42H2/t31?,34-,35+,40?/m1/s1. The molecule has 51 heavy (non-hydrogen) atoms. The van der Waals surface area contributed by atoms with E-state index in [1.165, 1.54) is 16.9 Å². The van der Waals surface area contributed by atoms with Gasteiger partial charge in [0.2, 0.25) is 5.91 Å². The lowest BCUT2D eigenvalue weighted by atomic mass is 9.72. The third-order valence-corrected chi connectivity index (χ3v) is 12.3. The molecule has 0 unspecified atom stereocenters. The summed E-state index contributed by atoms with van der Waals surface area (Å²) in [6, 6.07) is 20.6. The quantitative estimate of drug-likeness (QED) is 0.181. The molecule has 1 spiro atoms. The van der Waals surface area contributed by atoms with Gasteiger partial charge >= 0.3 is 6.09 Å². The Balaban J connectivity index is 1.11. The molecule has 11 heteroatoms. The van der Waals surface area contributed by atoms with E-state index in [4.69, 9.17) is 22.1 Å². The van der Waals surface area contributed by atoms with E-state index in [0.29, 0.717) is 36.2 Å². The molecule has 0 radical (unpaired) electrons. The number of hydrogen-bond donors (Lipinski definition) is 2. The normalized spacial score (nSPS) is 23.0. The van der Waals surface area contributed by atoms with Crippen LogP contribution in [0.3, 0.4) is 0 Å². The number of aryl methyl sites for hydroxylation is 1. The molecule has 3 N–H and O–H groups in total. The summed E-state index contributed by atoms with van der Waals surface area (Å²) >= 11 is 7.88. The SMILES string of the molecule is NCCCC[C@@H](NC1CCC2(CC1)CCN(Cc1ccccc1)C2)C(=O)N1CCN(C(=O)Oc2ccccc2Cl)C[C@H]1C(=O)CCc1cccs1. The second-order valence-electron chi connectivity index (χ2n) is 14.6. The van der Waals surface area contributed by atoms with Crippen molar-refractivity contribution in [3.05, 3.63) is 87.6 Å². The summed E-state index contributed by atoms with van der Waals surface area (Å²) < 4.78 is 5.63. The fraction of sp³-hybridized carbons (Fsp3) is 0.525. The molecule has 9 nitrogen and oxygen atoms in total. The molecule has 274 valence electrons. The van der Waals surface area contributed by atoms with Crippen molar-refractivity contribution in [2.24, 2.45) is 11.1 Å². The number of halogens is 1. The fourth-order valence-electron chi connectivity index (χ4n) is 8.11. The van der Waals surface area contributed by atoms with Gasteiger partial charge in [-0.05, 0) is 99.0 Å². The van der Waals surface area contributed by atoms with Crippen molar-refractivity contribution in [1.29, 1.82) is 0 Å². The number of benzene rings is 2. The van der Waals surface area contributed by atoms with Crippen molar-refractivity contribution in [1.82, 2.24) is 20.0 Å². The van der Waals surface area contributed by atoms with Gasteiger partial charge in [-0.1, -0.05) is 66.6 Å². The Morgan fingerprint density at radius 1 is 0.961 bits per heavy atom. The fourth-order valence-corrected chi connectivity index (χ4v) is 8.99. The Morgan fingerprint density at radius 2 is 1.75 bits per heavy atom. The van der Waals surface area contributed by atoms with Gasteiger partial charge in [0, 0.05) is 43.5 Å². The van der Waals surface area contributed by atoms with E-state index < -0.39 is 18.2 Å². The Bertz CT molecular complexity index is 1580. The van der Waals surface area contributed by atoms with Crippen molar-refractivity contribution in [3.63, 3.8) is 0 Å². The smallest absolute Gasteiger partial charge is 0.409 e. The predicted molar refractivity (Wildman–Crippen MR) is 203 cm³/mol. The first kappa shape index (κ1) is 37.5.